The summed E-state index contributed by atoms with van der Waals surface area (Å²) >= 11 is 0. The van der Waals surface area contributed by atoms with Crippen LogP contribution in [0.3, 0.4) is 0 Å². The summed E-state index contributed by atoms with van der Waals surface area (Å²) in [6.45, 7) is 1.75. The van der Waals surface area contributed by atoms with Crippen molar-refractivity contribution >= 4 is 22.7 Å². The van der Waals surface area contributed by atoms with Gasteiger partial charge in [-0.15, -0.1) is 0 Å². The van der Waals surface area contributed by atoms with Gasteiger partial charge in [0.1, 0.15) is 6.54 Å². The number of H-pyrrole nitrogens is 1. The predicted octanol–water partition coefficient (Wildman–Crippen LogP) is 0.901. The number of rotatable bonds is 8. The van der Waals surface area contributed by atoms with Crippen molar-refractivity contribution in [3.63, 3.8) is 0 Å². The number of benzene rings is 2. The van der Waals surface area contributed by atoms with Gasteiger partial charge in [-0.2, -0.15) is 0 Å². The topological polar surface area (TPSA) is 78.4 Å². The summed E-state index contributed by atoms with van der Waals surface area (Å²) in [5, 5.41) is 6.82. The van der Waals surface area contributed by atoms with Crippen molar-refractivity contribution in [2.45, 2.75) is 13.0 Å². The summed E-state index contributed by atoms with van der Waals surface area (Å²) in [7, 11) is 3.61. The lowest BCUT2D eigenvalue weighted by Gasteiger charge is -2.14. The summed E-state index contributed by atoms with van der Waals surface area (Å²) in [6.07, 6.45) is 2.81. The highest BCUT2D eigenvalue weighted by Gasteiger charge is 2.11. The van der Waals surface area contributed by atoms with Crippen LogP contribution in [0.25, 0.3) is 10.9 Å². The van der Waals surface area contributed by atoms with Gasteiger partial charge in [-0.25, -0.2) is 0 Å². The molecule has 6 nitrogen and oxygen atoms in total. The normalized spacial score (nSPS) is 11.9. The van der Waals surface area contributed by atoms with Crippen molar-refractivity contribution in [3.8, 4) is 0 Å². The van der Waals surface area contributed by atoms with Crippen LogP contribution in [0.1, 0.15) is 21.5 Å². The predicted molar refractivity (Wildman–Crippen MR) is 110 cm³/mol. The molecule has 0 radical (unpaired) electrons. The van der Waals surface area contributed by atoms with E-state index in [1.54, 1.807) is 7.05 Å². The number of hydrogen-bond donors (Lipinski definition) is 4. The third kappa shape index (κ3) is 4.98. The fourth-order valence-corrected chi connectivity index (χ4v) is 3.34. The average Bonchev–Trinajstić information content (AvgIpc) is 3.11. The SMILES string of the molecule is CNC(=O)c1ccc(C[NH+](C)CC(=O)NCCc2c[nH]c3ccccc23)cc1. The molecule has 2 amide bonds. The Morgan fingerprint density at radius 2 is 1.82 bits per heavy atom. The number of carbonyl (C=O) groups excluding carboxylic acids is 2. The molecule has 6 heteroatoms. The molecule has 0 aliphatic heterocycles. The summed E-state index contributed by atoms with van der Waals surface area (Å²) in [5.41, 5.74) is 4.07. The van der Waals surface area contributed by atoms with E-state index >= 15 is 0 Å². The van der Waals surface area contributed by atoms with E-state index in [-0.39, 0.29) is 11.8 Å². The monoisotopic (exact) mass is 379 g/mol. The summed E-state index contributed by atoms with van der Waals surface area (Å²) in [5.74, 6) is -0.0545. The van der Waals surface area contributed by atoms with Crippen LogP contribution in [0, 0.1) is 0 Å². The number of quaternary nitrogens is 1. The van der Waals surface area contributed by atoms with E-state index in [1.807, 2.05) is 49.6 Å². The average molecular weight is 379 g/mol. The van der Waals surface area contributed by atoms with Gasteiger partial charge in [0.05, 0.1) is 7.05 Å². The molecule has 0 saturated carbocycles. The zero-order chi connectivity index (χ0) is 19.9. The first-order valence-corrected chi connectivity index (χ1v) is 9.51. The Labute approximate surface area is 164 Å². The highest BCUT2D eigenvalue weighted by Crippen LogP contribution is 2.17. The third-order valence-electron chi connectivity index (χ3n) is 4.80. The molecule has 0 aliphatic carbocycles. The maximum absolute atomic E-state index is 12.2. The largest absolute Gasteiger partial charge is 0.361 e. The maximum atomic E-state index is 12.2. The van der Waals surface area contributed by atoms with Crippen molar-refractivity contribution in [1.82, 2.24) is 15.6 Å². The van der Waals surface area contributed by atoms with Gasteiger partial charge in [-0.1, -0.05) is 30.3 Å². The van der Waals surface area contributed by atoms with Crippen LogP contribution in [0.15, 0.2) is 54.7 Å². The molecule has 146 valence electrons. The number of aromatic nitrogens is 1. The molecule has 0 spiro atoms. The minimum absolute atomic E-state index is 0.0410. The Kier molecular flexibility index (Phi) is 6.45. The molecule has 1 heterocycles. The van der Waals surface area contributed by atoms with Gasteiger partial charge >= 0.3 is 0 Å². The quantitative estimate of drug-likeness (QED) is 0.469. The molecule has 0 saturated heterocycles. The second kappa shape index (κ2) is 9.19. The maximum Gasteiger partial charge on any atom is 0.275 e. The van der Waals surface area contributed by atoms with E-state index in [0.717, 1.165) is 28.9 Å². The molecule has 3 rings (SSSR count). The molecular weight excluding hydrogens is 352 g/mol. The Balaban J connectivity index is 1.43. The Morgan fingerprint density at radius 1 is 1.07 bits per heavy atom. The van der Waals surface area contributed by atoms with Crippen molar-refractivity contribution < 1.29 is 14.5 Å². The molecule has 1 unspecified atom stereocenters. The van der Waals surface area contributed by atoms with Gasteiger partial charge in [0.15, 0.2) is 6.54 Å². The lowest BCUT2D eigenvalue weighted by molar-refractivity contribution is -0.885. The van der Waals surface area contributed by atoms with E-state index in [9.17, 15) is 9.59 Å². The van der Waals surface area contributed by atoms with E-state index in [1.165, 1.54) is 10.9 Å². The van der Waals surface area contributed by atoms with Crippen LogP contribution >= 0.6 is 0 Å². The fourth-order valence-electron chi connectivity index (χ4n) is 3.34. The molecule has 0 bridgehead atoms. The lowest BCUT2D eigenvalue weighted by atomic mass is 10.1. The fraction of sp³-hybridized carbons (Fsp3) is 0.273. The van der Waals surface area contributed by atoms with Gasteiger partial charge < -0.3 is 20.5 Å². The van der Waals surface area contributed by atoms with E-state index in [4.69, 9.17) is 0 Å². The van der Waals surface area contributed by atoms with Crippen LogP contribution in [0.2, 0.25) is 0 Å². The zero-order valence-electron chi connectivity index (χ0n) is 16.3. The number of carbonyl (C=O) groups is 2. The molecule has 2 aromatic carbocycles. The van der Waals surface area contributed by atoms with Gasteiger partial charge in [0, 0.05) is 41.8 Å². The molecule has 4 N–H and O–H groups in total. The molecule has 0 aliphatic rings. The van der Waals surface area contributed by atoms with Gasteiger partial charge in [0.2, 0.25) is 0 Å². The zero-order valence-corrected chi connectivity index (χ0v) is 16.3. The van der Waals surface area contributed by atoms with Crippen molar-refractivity contribution in [1.29, 1.82) is 0 Å². The summed E-state index contributed by atoms with van der Waals surface area (Å²) in [4.78, 5) is 28.2. The van der Waals surface area contributed by atoms with Crippen molar-refractivity contribution in [2.24, 2.45) is 0 Å². The van der Waals surface area contributed by atoms with Crippen LogP contribution in [-0.2, 0) is 17.8 Å². The van der Waals surface area contributed by atoms with Crippen LogP contribution in [-0.4, -0.2) is 44.0 Å². The van der Waals surface area contributed by atoms with E-state index in [2.05, 4.69) is 27.8 Å². The third-order valence-corrected chi connectivity index (χ3v) is 4.80. The Morgan fingerprint density at radius 3 is 2.57 bits per heavy atom. The number of fused-ring (bicyclic) bond motifs is 1. The summed E-state index contributed by atoms with van der Waals surface area (Å²) < 4.78 is 0. The van der Waals surface area contributed by atoms with Crippen molar-refractivity contribution in [3.05, 3.63) is 71.4 Å². The first-order valence-electron chi connectivity index (χ1n) is 9.51. The van der Waals surface area contributed by atoms with E-state index < -0.39 is 0 Å². The van der Waals surface area contributed by atoms with Gasteiger partial charge in [0.25, 0.3) is 11.8 Å². The van der Waals surface area contributed by atoms with Crippen LogP contribution in [0.4, 0.5) is 0 Å². The highest BCUT2D eigenvalue weighted by atomic mass is 16.2. The molecule has 28 heavy (non-hydrogen) atoms. The highest BCUT2D eigenvalue weighted by molar-refractivity contribution is 5.93. The van der Waals surface area contributed by atoms with Crippen LogP contribution < -0.4 is 15.5 Å². The smallest absolute Gasteiger partial charge is 0.275 e. The second-order valence-corrected chi connectivity index (χ2v) is 7.05. The van der Waals surface area contributed by atoms with Gasteiger partial charge in [-0.3, -0.25) is 9.59 Å². The Bertz CT molecular complexity index is 947. The molecule has 1 aromatic heterocycles. The van der Waals surface area contributed by atoms with Crippen LogP contribution in [0.5, 0.6) is 0 Å². The Hall–Kier alpha value is -3.12. The number of nitrogens with one attached hydrogen (secondary N) is 4. The minimum atomic E-state index is -0.0955. The van der Waals surface area contributed by atoms with Gasteiger partial charge in [-0.05, 0) is 30.2 Å². The molecule has 1 atom stereocenters. The molecular formula is C22H27N4O2+. The number of hydrogen-bond acceptors (Lipinski definition) is 2. The number of aromatic amines is 1. The standard InChI is InChI=1S/C22H26N4O2/c1-23-22(28)17-9-7-16(8-10-17)14-26(2)15-21(27)24-12-11-18-13-25-20-6-4-3-5-19(18)20/h3-10,13,25H,11-12,14-15H2,1-2H3,(H,23,28)(H,24,27)/p+1. The number of likely N-dealkylation sites (N-methyl/N-ethyl adjacent to an activating group) is 1. The first kappa shape index (κ1) is 19.6. The number of amides is 2. The van der Waals surface area contributed by atoms with Crippen molar-refractivity contribution in [2.75, 3.05) is 27.2 Å². The number of para-hydroxylation sites is 1. The summed E-state index contributed by atoms with van der Waals surface area (Å²) in [6, 6.07) is 15.7. The lowest BCUT2D eigenvalue weighted by Crippen LogP contribution is -3.08. The molecule has 0 fully saturated rings. The second-order valence-electron chi connectivity index (χ2n) is 7.05. The molecule has 3 aromatic rings. The minimum Gasteiger partial charge on any atom is -0.361 e. The first-order chi connectivity index (χ1) is 13.6. The van der Waals surface area contributed by atoms with E-state index in [0.29, 0.717) is 18.7 Å².